The molecule has 1 aromatic rings. The van der Waals surface area contributed by atoms with Gasteiger partial charge in [0.25, 0.3) is 11.8 Å². The molecule has 0 aliphatic carbocycles. The van der Waals surface area contributed by atoms with Crippen molar-refractivity contribution in [3.8, 4) is 0 Å². The van der Waals surface area contributed by atoms with Crippen LogP contribution in [-0.2, 0) is 4.79 Å². The fourth-order valence-electron chi connectivity index (χ4n) is 2.35. The zero-order valence-corrected chi connectivity index (χ0v) is 13.1. The van der Waals surface area contributed by atoms with Crippen LogP contribution < -0.4 is 5.32 Å². The van der Waals surface area contributed by atoms with Crippen molar-refractivity contribution in [2.75, 3.05) is 32.7 Å². The third-order valence-electron chi connectivity index (χ3n) is 3.66. The molecule has 0 atom stereocenters. The third kappa shape index (κ3) is 4.15. The molecule has 0 radical (unpaired) electrons. The Morgan fingerprint density at radius 1 is 1.26 bits per heavy atom. The molecule has 7 nitrogen and oxygen atoms in total. The first-order chi connectivity index (χ1) is 11.0. The van der Waals surface area contributed by atoms with Gasteiger partial charge >= 0.3 is 0 Å². The average molecular weight is 316 g/mol. The van der Waals surface area contributed by atoms with Gasteiger partial charge in [0.2, 0.25) is 5.91 Å². The van der Waals surface area contributed by atoms with Gasteiger partial charge in [0.05, 0.1) is 0 Å². The van der Waals surface area contributed by atoms with Gasteiger partial charge in [-0.05, 0) is 12.1 Å². The van der Waals surface area contributed by atoms with Gasteiger partial charge in [-0.15, -0.1) is 6.58 Å². The van der Waals surface area contributed by atoms with Crippen molar-refractivity contribution in [2.45, 2.75) is 6.92 Å². The number of aromatic nitrogens is 1. The number of piperazine rings is 1. The Morgan fingerprint density at radius 3 is 2.52 bits per heavy atom. The lowest BCUT2D eigenvalue weighted by Crippen LogP contribution is -2.50. The fourth-order valence-corrected chi connectivity index (χ4v) is 2.35. The van der Waals surface area contributed by atoms with Crippen molar-refractivity contribution in [3.63, 3.8) is 0 Å². The lowest BCUT2D eigenvalue weighted by atomic mass is 10.1. The monoisotopic (exact) mass is 316 g/mol. The van der Waals surface area contributed by atoms with Gasteiger partial charge in [0.15, 0.2) is 0 Å². The zero-order chi connectivity index (χ0) is 16.8. The summed E-state index contributed by atoms with van der Waals surface area (Å²) in [5.41, 5.74) is 0.611. The predicted molar refractivity (Wildman–Crippen MR) is 84.9 cm³/mol. The minimum atomic E-state index is -0.346. The summed E-state index contributed by atoms with van der Waals surface area (Å²) in [5, 5.41) is 2.62. The molecule has 7 heteroatoms. The smallest absolute Gasteiger partial charge is 0.270 e. The summed E-state index contributed by atoms with van der Waals surface area (Å²) in [6, 6.07) is 3.07. The maximum Gasteiger partial charge on any atom is 0.270 e. The van der Waals surface area contributed by atoms with E-state index in [1.165, 1.54) is 19.2 Å². The van der Waals surface area contributed by atoms with Gasteiger partial charge in [0, 0.05) is 51.4 Å². The van der Waals surface area contributed by atoms with Crippen LogP contribution in [0, 0.1) is 0 Å². The summed E-state index contributed by atoms with van der Waals surface area (Å²) >= 11 is 0. The molecule has 3 amide bonds. The Morgan fingerprint density at radius 2 is 1.91 bits per heavy atom. The van der Waals surface area contributed by atoms with E-state index in [0.717, 1.165) is 0 Å². The van der Waals surface area contributed by atoms with Crippen molar-refractivity contribution in [3.05, 3.63) is 42.2 Å². The van der Waals surface area contributed by atoms with Crippen LogP contribution in [0.4, 0.5) is 0 Å². The molecule has 1 aliphatic rings. The van der Waals surface area contributed by atoms with Crippen LogP contribution in [0.2, 0.25) is 0 Å². The number of nitrogens with zero attached hydrogens (tertiary/aromatic N) is 3. The van der Waals surface area contributed by atoms with E-state index in [2.05, 4.69) is 16.9 Å². The molecule has 0 aromatic carbocycles. The highest BCUT2D eigenvalue weighted by Gasteiger charge is 2.23. The van der Waals surface area contributed by atoms with Gasteiger partial charge < -0.3 is 15.1 Å². The van der Waals surface area contributed by atoms with Crippen LogP contribution in [0.5, 0.6) is 0 Å². The topological polar surface area (TPSA) is 82.6 Å². The maximum absolute atomic E-state index is 12.5. The van der Waals surface area contributed by atoms with Crippen LogP contribution >= 0.6 is 0 Å². The van der Waals surface area contributed by atoms with Gasteiger partial charge in [-0.2, -0.15) is 0 Å². The van der Waals surface area contributed by atoms with Crippen molar-refractivity contribution in [1.29, 1.82) is 0 Å². The first-order valence-electron chi connectivity index (χ1n) is 7.43. The Labute approximate surface area is 135 Å². The largest absolute Gasteiger partial charge is 0.347 e. The molecule has 0 spiro atoms. The highest BCUT2D eigenvalue weighted by Crippen LogP contribution is 2.10. The molecule has 0 saturated carbocycles. The molecule has 2 rings (SSSR count). The number of amides is 3. The predicted octanol–water partition coefficient (Wildman–Crippen LogP) is 0.302. The number of hydrogen-bond acceptors (Lipinski definition) is 4. The summed E-state index contributed by atoms with van der Waals surface area (Å²) in [4.78, 5) is 43.1. The molecule has 23 heavy (non-hydrogen) atoms. The van der Waals surface area contributed by atoms with E-state index in [1.807, 2.05) is 0 Å². The minimum absolute atomic E-state index is 0.0159. The molecular formula is C16H20N4O3. The van der Waals surface area contributed by atoms with Gasteiger partial charge in [0.1, 0.15) is 5.69 Å². The van der Waals surface area contributed by atoms with E-state index >= 15 is 0 Å². The van der Waals surface area contributed by atoms with Crippen LogP contribution in [0.25, 0.3) is 0 Å². The van der Waals surface area contributed by atoms with E-state index < -0.39 is 0 Å². The van der Waals surface area contributed by atoms with Crippen molar-refractivity contribution >= 4 is 17.7 Å². The second-order valence-electron chi connectivity index (χ2n) is 5.23. The van der Waals surface area contributed by atoms with Crippen molar-refractivity contribution in [2.24, 2.45) is 0 Å². The Bertz CT molecular complexity index is 622. The number of carbonyl (C=O) groups is 3. The number of hydrogen-bond donors (Lipinski definition) is 1. The highest BCUT2D eigenvalue weighted by atomic mass is 16.2. The summed E-state index contributed by atoms with van der Waals surface area (Å²) < 4.78 is 0. The lowest BCUT2D eigenvalue weighted by molar-refractivity contribution is -0.130. The fraction of sp³-hybridized carbons (Fsp3) is 0.375. The van der Waals surface area contributed by atoms with Crippen LogP contribution in [0.1, 0.15) is 27.8 Å². The SMILES string of the molecule is C=CCNC(=O)c1cc(C(=O)N2CCN(C(C)=O)CC2)ccn1. The normalized spacial score (nSPS) is 14.3. The first-order valence-corrected chi connectivity index (χ1v) is 7.43. The molecule has 0 unspecified atom stereocenters. The molecule has 1 aromatic heterocycles. The summed E-state index contributed by atoms with van der Waals surface area (Å²) in [6.07, 6.45) is 3.02. The molecule has 1 saturated heterocycles. The van der Waals surface area contributed by atoms with E-state index in [4.69, 9.17) is 0 Å². The number of nitrogens with one attached hydrogen (secondary N) is 1. The Balaban J connectivity index is 2.04. The quantitative estimate of drug-likeness (QED) is 0.810. The third-order valence-corrected chi connectivity index (χ3v) is 3.66. The lowest BCUT2D eigenvalue weighted by Gasteiger charge is -2.34. The first kappa shape index (κ1) is 16.7. The van der Waals surface area contributed by atoms with Crippen LogP contribution in [0.15, 0.2) is 31.0 Å². The second kappa shape index (κ2) is 7.53. The second-order valence-corrected chi connectivity index (χ2v) is 5.23. The maximum atomic E-state index is 12.5. The number of pyridine rings is 1. The average Bonchev–Trinajstić information content (AvgIpc) is 2.59. The van der Waals surface area contributed by atoms with E-state index in [9.17, 15) is 14.4 Å². The molecular weight excluding hydrogens is 296 g/mol. The number of carbonyl (C=O) groups excluding carboxylic acids is 3. The van der Waals surface area contributed by atoms with Crippen molar-refractivity contribution in [1.82, 2.24) is 20.1 Å². The highest BCUT2D eigenvalue weighted by molar-refractivity contribution is 5.98. The van der Waals surface area contributed by atoms with Gasteiger partial charge in [-0.1, -0.05) is 6.08 Å². The molecule has 1 N–H and O–H groups in total. The summed E-state index contributed by atoms with van der Waals surface area (Å²) in [6.45, 7) is 7.41. The molecule has 1 fully saturated rings. The van der Waals surface area contributed by atoms with Crippen molar-refractivity contribution < 1.29 is 14.4 Å². The molecule has 0 bridgehead atoms. The van der Waals surface area contributed by atoms with E-state index in [0.29, 0.717) is 38.3 Å². The standard InChI is InChI=1S/C16H20N4O3/c1-3-5-18-15(22)14-11-13(4-6-17-14)16(23)20-9-7-19(8-10-20)12(2)21/h3-4,6,11H,1,5,7-10H2,2H3,(H,18,22). The van der Waals surface area contributed by atoms with Crippen LogP contribution in [-0.4, -0.2) is 65.2 Å². The van der Waals surface area contributed by atoms with E-state index in [1.54, 1.807) is 21.9 Å². The minimum Gasteiger partial charge on any atom is -0.347 e. The Kier molecular flexibility index (Phi) is 5.46. The molecule has 2 heterocycles. The molecule has 122 valence electrons. The summed E-state index contributed by atoms with van der Waals surface area (Å²) in [7, 11) is 0. The van der Waals surface area contributed by atoms with Gasteiger partial charge in [-0.25, -0.2) is 0 Å². The van der Waals surface area contributed by atoms with E-state index in [-0.39, 0.29) is 23.4 Å². The molecule has 1 aliphatic heterocycles. The number of rotatable bonds is 4. The van der Waals surface area contributed by atoms with Crippen LogP contribution in [0.3, 0.4) is 0 Å². The zero-order valence-electron chi connectivity index (χ0n) is 13.1. The Hall–Kier alpha value is -2.70. The summed E-state index contributed by atoms with van der Waals surface area (Å²) in [5.74, 6) is -0.489. The van der Waals surface area contributed by atoms with Gasteiger partial charge in [-0.3, -0.25) is 19.4 Å².